The third kappa shape index (κ3) is 2.83. The van der Waals surface area contributed by atoms with Gasteiger partial charge < -0.3 is 10.4 Å². The molecule has 0 spiro atoms. The molecule has 0 radical (unpaired) electrons. The second kappa shape index (κ2) is 5.26. The van der Waals surface area contributed by atoms with E-state index in [9.17, 15) is 9.59 Å². The Morgan fingerprint density at radius 1 is 1.37 bits per heavy atom. The molecule has 102 valence electrons. The monoisotopic (exact) mass is 263 g/mol. The Morgan fingerprint density at radius 3 is 2.53 bits per heavy atom. The molecule has 0 saturated heterocycles. The Balaban J connectivity index is 2.12. The number of hydrogen-bond acceptors (Lipinski definition) is 3. The van der Waals surface area contributed by atoms with Gasteiger partial charge in [0.1, 0.15) is 0 Å². The van der Waals surface area contributed by atoms with Crippen molar-refractivity contribution in [3.63, 3.8) is 0 Å². The molecular formula is C13H17N3O3. The van der Waals surface area contributed by atoms with E-state index in [-0.39, 0.29) is 5.91 Å². The molecule has 1 aliphatic carbocycles. The van der Waals surface area contributed by atoms with E-state index in [2.05, 4.69) is 10.4 Å². The number of rotatable bonds is 3. The molecule has 6 nitrogen and oxygen atoms in total. The minimum atomic E-state index is -0.924. The molecule has 2 atom stereocenters. The van der Waals surface area contributed by atoms with Gasteiger partial charge in [0.25, 0.3) is 0 Å². The standard InChI is InChI=1S/C13H17N3O3/c1-8-11(7-16(2)15-8)14-12(17)9-5-3-4-6-10(9)13(18)19/h3-4,7,9-10H,5-6H2,1-2H3,(H,14,17)(H,18,19)/t9-,10+/m0/s1. The van der Waals surface area contributed by atoms with Gasteiger partial charge in [-0.15, -0.1) is 0 Å². The quantitative estimate of drug-likeness (QED) is 0.806. The first kappa shape index (κ1) is 13.3. The number of nitrogens with zero attached hydrogens (tertiary/aromatic N) is 2. The molecule has 1 heterocycles. The van der Waals surface area contributed by atoms with Crippen molar-refractivity contribution in [1.82, 2.24) is 9.78 Å². The maximum Gasteiger partial charge on any atom is 0.307 e. The van der Waals surface area contributed by atoms with Gasteiger partial charge in [-0.25, -0.2) is 0 Å². The number of allylic oxidation sites excluding steroid dienone is 2. The van der Waals surface area contributed by atoms with E-state index in [4.69, 9.17) is 5.11 Å². The van der Waals surface area contributed by atoms with Crippen LogP contribution >= 0.6 is 0 Å². The number of carbonyl (C=O) groups excluding carboxylic acids is 1. The van der Waals surface area contributed by atoms with Gasteiger partial charge in [-0.3, -0.25) is 14.3 Å². The van der Waals surface area contributed by atoms with Gasteiger partial charge in [0, 0.05) is 13.2 Å². The number of aryl methyl sites for hydroxylation is 2. The maximum atomic E-state index is 12.2. The lowest BCUT2D eigenvalue weighted by molar-refractivity contribution is -0.146. The van der Waals surface area contributed by atoms with Gasteiger partial charge in [-0.1, -0.05) is 12.2 Å². The summed E-state index contributed by atoms with van der Waals surface area (Å²) in [5.74, 6) is -2.36. The number of aromatic nitrogens is 2. The molecule has 1 aliphatic rings. The molecule has 19 heavy (non-hydrogen) atoms. The molecule has 0 fully saturated rings. The molecule has 0 aliphatic heterocycles. The Morgan fingerprint density at radius 2 is 2.00 bits per heavy atom. The van der Waals surface area contributed by atoms with E-state index >= 15 is 0 Å². The summed E-state index contributed by atoms with van der Waals surface area (Å²) in [6, 6.07) is 0. The first-order chi connectivity index (χ1) is 8.99. The van der Waals surface area contributed by atoms with Crippen LogP contribution in [0.1, 0.15) is 18.5 Å². The van der Waals surface area contributed by atoms with Crippen molar-refractivity contribution < 1.29 is 14.7 Å². The van der Waals surface area contributed by atoms with Gasteiger partial charge >= 0.3 is 5.97 Å². The van der Waals surface area contributed by atoms with Crippen LogP contribution in [-0.4, -0.2) is 26.8 Å². The summed E-state index contributed by atoms with van der Waals surface area (Å²) in [5.41, 5.74) is 1.35. The molecular weight excluding hydrogens is 246 g/mol. The normalized spacial score (nSPS) is 22.2. The van der Waals surface area contributed by atoms with Crippen molar-refractivity contribution in [2.45, 2.75) is 19.8 Å². The highest BCUT2D eigenvalue weighted by atomic mass is 16.4. The van der Waals surface area contributed by atoms with Gasteiger partial charge in [0.2, 0.25) is 5.91 Å². The minimum Gasteiger partial charge on any atom is -0.481 e. The molecule has 1 aromatic heterocycles. The zero-order valence-electron chi connectivity index (χ0n) is 11.0. The van der Waals surface area contributed by atoms with Gasteiger partial charge in [0.05, 0.1) is 23.2 Å². The Kier molecular flexibility index (Phi) is 3.69. The summed E-state index contributed by atoms with van der Waals surface area (Å²) < 4.78 is 1.61. The Labute approximate surface area is 111 Å². The molecule has 1 aromatic rings. The van der Waals surface area contributed by atoms with E-state index in [0.29, 0.717) is 24.2 Å². The van der Waals surface area contributed by atoms with Crippen LogP contribution in [0.2, 0.25) is 0 Å². The van der Waals surface area contributed by atoms with E-state index in [1.165, 1.54) is 0 Å². The Bertz CT molecular complexity index is 533. The van der Waals surface area contributed by atoms with Crippen LogP contribution in [0.5, 0.6) is 0 Å². The zero-order valence-corrected chi connectivity index (χ0v) is 11.0. The first-order valence-corrected chi connectivity index (χ1v) is 6.18. The van der Waals surface area contributed by atoms with Crippen LogP contribution in [0, 0.1) is 18.8 Å². The molecule has 0 unspecified atom stereocenters. The maximum absolute atomic E-state index is 12.2. The second-order valence-corrected chi connectivity index (χ2v) is 4.79. The predicted octanol–water partition coefficient (Wildman–Crippen LogP) is 1.33. The van der Waals surface area contributed by atoms with Crippen LogP contribution in [0.3, 0.4) is 0 Å². The molecule has 0 aromatic carbocycles. The van der Waals surface area contributed by atoms with Crippen molar-refractivity contribution in [2.24, 2.45) is 18.9 Å². The summed E-state index contributed by atoms with van der Waals surface area (Å²) >= 11 is 0. The number of aliphatic carboxylic acids is 1. The Hall–Kier alpha value is -2.11. The zero-order chi connectivity index (χ0) is 14.0. The van der Waals surface area contributed by atoms with Gasteiger partial charge in [0.15, 0.2) is 0 Å². The summed E-state index contributed by atoms with van der Waals surface area (Å²) in [6.45, 7) is 1.80. The third-order valence-electron chi connectivity index (χ3n) is 3.36. The number of nitrogens with one attached hydrogen (secondary N) is 1. The molecule has 2 rings (SSSR count). The molecule has 1 amide bonds. The number of hydrogen-bond donors (Lipinski definition) is 2. The van der Waals surface area contributed by atoms with E-state index in [1.54, 1.807) is 24.9 Å². The van der Waals surface area contributed by atoms with Gasteiger partial charge in [-0.05, 0) is 19.8 Å². The van der Waals surface area contributed by atoms with E-state index in [0.717, 1.165) is 0 Å². The fourth-order valence-electron chi connectivity index (χ4n) is 2.32. The number of carboxylic acid groups (broad SMARTS) is 1. The number of carboxylic acids is 1. The largest absolute Gasteiger partial charge is 0.481 e. The van der Waals surface area contributed by atoms with Crippen molar-refractivity contribution in [3.05, 3.63) is 24.0 Å². The average molecular weight is 263 g/mol. The lowest BCUT2D eigenvalue weighted by Gasteiger charge is -2.24. The van der Waals surface area contributed by atoms with Crippen LogP contribution < -0.4 is 5.32 Å². The lowest BCUT2D eigenvalue weighted by atomic mass is 9.82. The summed E-state index contributed by atoms with van der Waals surface area (Å²) in [5, 5.41) is 16.1. The molecule has 0 saturated carbocycles. The van der Waals surface area contributed by atoms with Gasteiger partial charge in [-0.2, -0.15) is 5.10 Å². The summed E-state index contributed by atoms with van der Waals surface area (Å²) in [6.07, 6.45) is 6.25. The predicted molar refractivity (Wildman–Crippen MR) is 69.6 cm³/mol. The molecule has 2 N–H and O–H groups in total. The smallest absolute Gasteiger partial charge is 0.307 e. The van der Waals surface area contributed by atoms with Crippen molar-refractivity contribution in [2.75, 3.05) is 5.32 Å². The number of carbonyl (C=O) groups is 2. The highest BCUT2D eigenvalue weighted by molar-refractivity contribution is 5.95. The highest BCUT2D eigenvalue weighted by Crippen LogP contribution is 2.27. The van der Waals surface area contributed by atoms with Crippen LogP contribution in [-0.2, 0) is 16.6 Å². The first-order valence-electron chi connectivity index (χ1n) is 6.18. The summed E-state index contributed by atoms with van der Waals surface area (Å²) in [7, 11) is 1.77. The SMILES string of the molecule is Cc1nn(C)cc1NC(=O)[C@H]1CC=CC[C@H]1C(=O)O. The third-order valence-corrected chi connectivity index (χ3v) is 3.36. The molecule has 0 bridgehead atoms. The van der Waals surface area contributed by atoms with Crippen LogP contribution in [0.4, 0.5) is 5.69 Å². The van der Waals surface area contributed by atoms with E-state index in [1.807, 2.05) is 12.2 Å². The average Bonchev–Trinajstić information content (AvgIpc) is 2.67. The summed E-state index contributed by atoms with van der Waals surface area (Å²) in [4.78, 5) is 23.4. The second-order valence-electron chi connectivity index (χ2n) is 4.79. The number of anilines is 1. The molecule has 6 heteroatoms. The lowest BCUT2D eigenvalue weighted by Crippen LogP contribution is -2.34. The van der Waals surface area contributed by atoms with Crippen molar-refractivity contribution >= 4 is 17.6 Å². The van der Waals surface area contributed by atoms with Crippen molar-refractivity contribution in [3.8, 4) is 0 Å². The minimum absolute atomic E-state index is 0.257. The number of amides is 1. The van der Waals surface area contributed by atoms with Crippen molar-refractivity contribution in [1.29, 1.82) is 0 Å². The van der Waals surface area contributed by atoms with E-state index < -0.39 is 17.8 Å². The fourth-order valence-corrected chi connectivity index (χ4v) is 2.32. The van der Waals surface area contributed by atoms with Crippen LogP contribution in [0.25, 0.3) is 0 Å². The topological polar surface area (TPSA) is 84.2 Å². The highest BCUT2D eigenvalue weighted by Gasteiger charge is 2.34. The van der Waals surface area contributed by atoms with Crippen LogP contribution in [0.15, 0.2) is 18.3 Å². The fraction of sp³-hybridized carbons (Fsp3) is 0.462.